The van der Waals surface area contributed by atoms with Gasteiger partial charge in [-0.2, -0.15) is 0 Å². The van der Waals surface area contributed by atoms with Gasteiger partial charge in [-0.25, -0.2) is 17.6 Å². The first-order valence-electron chi connectivity index (χ1n) is 10.1. The van der Waals surface area contributed by atoms with E-state index in [0.717, 1.165) is 0 Å². The average Bonchev–Trinajstić information content (AvgIpc) is 2.80. The molecule has 0 aromatic heterocycles. The van der Waals surface area contributed by atoms with Crippen LogP contribution in [0.4, 0.5) is 40.3 Å². The van der Waals surface area contributed by atoms with E-state index in [0.29, 0.717) is 0 Å². The summed E-state index contributed by atoms with van der Waals surface area (Å²) in [7, 11) is -3.84. The molecule has 4 N–H and O–H groups in total. The maximum Gasteiger partial charge on any atom is 0.493 e. The van der Waals surface area contributed by atoms with Crippen molar-refractivity contribution >= 4 is 31.5 Å². The Balaban J connectivity index is 1.86. The second-order valence-corrected chi connectivity index (χ2v) is 9.67. The summed E-state index contributed by atoms with van der Waals surface area (Å²) in [4.78, 5) is 12.1. The van der Waals surface area contributed by atoms with Crippen LogP contribution >= 0.6 is 0 Å². The molecule has 0 bridgehead atoms. The molecule has 0 saturated heterocycles. The molecule has 4 aromatic rings. The molecule has 33 heavy (non-hydrogen) atoms. The largest absolute Gasteiger partial charge is 0.493 e. The number of anilines is 4. The molecule has 0 radical (unpaired) electrons. The minimum atomic E-state index is -3.84. The Kier molecular flexibility index (Phi) is 6.50. The van der Waals surface area contributed by atoms with Gasteiger partial charge in [0.1, 0.15) is 23.3 Å². The zero-order valence-corrected chi connectivity index (χ0v) is 18.2. The molecule has 0 heterocycles. The van der Waals surface area contributed by atoms with Crippen molar-refractivity contribution < 1.29 is 17.6 Å². The highest BCUT2D eigenvalue weighted by Crippen LogP contribution is 2.26. The van der Waals surface area contributed by atoms with Crippen LogP contribution in [-0.2, 0) is 0 Å². The third-order valence-electron chi connectivity index (χ3n) is 4.78. The van der Waals surface area contributed by atoms with Crippen LogP contribution in [0.25, 0.3) is 0 Å². The molecule has 4 nitrogen and oxygen atoms in total. The molecule has 0 amide bonds. The molecule has 0 fully saturated rings. The van der Waals surface area contributed by atoms with Crippen molar-refractivity contribution in [2.24, 2.45) is 0 Å². The highest BCUT2D eigenvalue weighted by atomic mass is 28.4. The summed E-state index contributed by atoms with van der Waals surface area (Å²) in [5, 5.41) is 0. The van der Waals surface area contributed by atoms with Gasteiger partial charge in [0, 0.05) is 0 Å². The van der Waals surface area contributed by atoms with Crippen LogP contribution in [0.3, 0.4) is 0 Å². The first-order valence-corrected chi connectivity index (χ1v) is 12.1. The van der Waals surface area contributed by atoms with Crippen molar-refractivity contribution in [1.29, 1.82) is 0 Å². The summed E-state index contributed by atoms with van der Waals surface area (Å²) in [6, 6.07) is 23.4. The third kappa shape index (κ3) is 5.26. The van der Waals surface area contributed by atoms with Crippen LogP contribution in [0, 0.1) is 23.3 Å². The lowest BCUT2D eigenvalue weighted by atomic mass is 10.3. The fourth-order valence-corrected chi connectivity index (χ4v) is 6.05. The summed E-state index contributed by atoms with van der Waals surface area (Å²) in [5.74, 6) is -2.35. The number of benzene rings is 4. The predicted octanol–water partition coefficient (Wildman–Crippen LogP) is 6.43. The zero-order chi connectivity index (χ0) is 23.3. The van der Waals surface area contributed by atoms with E-state index < -0.39 is 32.0 Å². The van der Waals surface area contributed by atoms with Crippen molar-refractivity contribution in [3.63, 3.8) is 0 Å². The highest BCUT2D eigenvalue weighted by molar-refractivity contribution is 6.90. The van der Waals surface area contributed by atoms with E-state index in [1.165, 1.54) is 72.8 Å². The number of hydrogen-bond donors (Lipinski definition) is 4. The summed E-state index contributed by atoms with van der Waals surface area (Å²) < 4.78 is 58.5. The summed E-state index contributed by atoms with van der Waals surface area (Å²) in [5.41, 5.74) is 0.225. The SMILES string of the molecule is Fc1ccccc1N[Si](Nc1ccccc1F)(Nc1ccccc1F)Nc1ccccc1F. The topological polar surface area (TPSA) is 48.1 Å². The number of rotatable bonds is 8. The van der Waals surface area contributed by atoms with Crippen molar-refractivity contribution in [3.05, 3.63) is 120 Å². The summed E-state index contributed by atoms with van der Waals surface area (Å²) in [6.45, 7) is 0. The van der Waals surface area contributed by atoms with E-state index in [1.807, 2.05) is 0 Å². The highest BCUT2D eigenvalue weighted by Gasteiger charge is 2.40. The first kappa shape index (κ1) is 22.2. The molecule has 4 rings (SSSR count). The van der Waals surface area contributed by atoms with E-state index in [-0.39, 0.29) is 22.7 Å². The fourth-order valence-electron chi connectivity index (χ4n) is 3.25. The lowest BCUT2D eigenvalue weighted by Gasteiger charge is -2.36. The van der Waals surface area contributed by atoms with Gasteiger partial charge in [0.2, 0.25) is 0 Å². The Bertz CT molecular complexity index is 1060. The number of nitrogens with one attached hydrogen (secondary N) is 4. The normalized spacial score (nSPS) is 11.0. The molecular formula is C24H20F4N4Si. The quantitative estimate of drug-likeness (QED) is 0.178. The van der Waals surface area contributed by atoms with Gasteiger partial charge in [-0.05, 0) is 48.5 Å². The molecule has 168 valence electrons. The van der Waals surface area contributed by atoms with E-state index in [1.54, 1.807) is 24.3 Å². The predicted molar refractivity (Wildman–Crippen MR) is 126 cm³/mol. The van der Waals surface area contributed by atoms with E-state index in [2.05, 4.69) is 19.9 Å². The van der Waals surface area contributed by atoms with Gasteiger partial charge in [0.05, 0.1) is 22.7 Å². The zero-order valence-electron chi connectivity index (χ0n) is 17.2. The van der Waals surface area contributed by atoms with Crippen LogP contribution in [0.1, 0.15) is 0 Å². The van der Waals surface area contributed by atoms with Gasteiger partial charge in [0.15, 0.2) is 0 Å². The van der Waals surface area contributed by atoms with Gasteiger partial charge in [0.25, 0.3) is 0 Å². The van der Waals surface area contributed by atoms with Crippen molar-refractivity contribution in [2.45, 2.75) is 0 Å². The van der Waals surface area contributed by atoms with Crippen LogP contribution in [-0.4, -0.2) is 8.72 Å². The Morgan fingerprint density at radius 2 is 0.576 bits per heavy atom. The van der Waals surface area contributed by atoms with Crippen molar-refractivity contribution in [2.75, 3.05) is 19.9 Å². The lowest BCUT2D eigenvalue weighted by molar-refractivity contribution is 0.630. The van der Waals surface area contributed by atoms with Gasteiger partial charge in [-0.3, -0.25) is 0 Å². The smallest absolute Gasteiger partial charge is 0.358 e. The van der Waals surface area contributed by atoms with Gasteiger partial charge in [-0.15, -0.1) is 0 Å². The maximum absolute atomic E-state index is 14.6. The fraction of sp³-hybridized carbons (Fsp3) is 0. The van der Waals surface area contributed by atoms with E-state index in [4.69, 9.17) is 0 Å². The van der Waals surface area contributed by atoms with Crippen LogP contribution in [0.15, 0.2) is 97.1 Å². The maximum atomic E-state index is 14.6. The Labute approximate surface area is 189 Å². The minimum Gasteiger partial charge on any atom is -0.358 e. The summed E-state index contributed by atoms with van der Waals surface area (Å²) in [6.07, 6.45) is 0. The molecule has 0 spiro atoms. The summed E-state index contributed by atoms with van der Waals surface area (Å²) >= 11 is 0. The van der Waals surface area contributed by atoms with Crippen LogP contribution in [0.2, 0.25) is 0 Å². The molecule has 0 aliphatic heterocycles. The Hall–Kier alpha value is -3.98. The van der Waals surface area contributed by atoms with Gasteiger partial charge < -0.3 is 19.9 Å². The van der Waals surface area contributed by atoms with Crippen molar-refractivity contribution in [3.8, 4) is 0 Å². The lowest BCUT2D eigenvalue weighted by Crippen LogP contribution is -2.66. The van der Waals surface area contributed by atoms with Gasteiger partial charge >= 0.3 is 8.72 Å². The van der Waals surface area contributed by atoms with E-state index in [9.17, 15) is 17.6 Å². The second-order valence-electron chi connectivity index (χ2n) is 7.17. The van der Waals surface area contributed by atoms with Crippen LogP contribution in [0.5, 0.6) is 0 Å². The van der Waals surface area contributed by atoms with E-state index >= 15 is 0 Å². The molecule has 9 heteroatoms. The average molecular weight is 469 g/mol. The standard InChI is InChI=1S/C24H20F4N4Si/c25-17-9-1-5-13-21(17)29-33(30-22-14-6-2-10-18(22)26,31-23-15-7-3-11-19(23)27)32-24-16-8-4-12-20(24)28/h1-16,29-32H. The molecular weight excluding hydrogens is 448 g/mol. The number of halogens is 4. The Morgan fingerprint density at radius 3 is 0.788 bits per heavy atom. The molecule has 0 aliphatic rings. The van der Waals surface area contributed by atoms with Crippen molar-refractivity contribution in [1.82, 2.24) is 0 Å². The second kappa shape index (κ2) is 9.66. The monoisotopic (exact) mass is 468 g/mol. The molecule has 4 aromatic carbocycles. The molecule has 0 unspecified atom stereocenters. The van der Waals surface area contributed by atoms with Gasteiger partial charge in [-0.1, -0.05) is 48.5 Å². The number of hydrogen-bond acceptors (Lipinski definition) is 4. The number of para-hydroxylation sites is 4. The first-order chi connectivity index (χ1) is 16.0. The third-order valence-corrected chi connectivity index (χ3v) is 7.36. The Morgan fingerprint density at radius 1 is 0.364 bits per heavy atom. The molecule has 0 saturated carbocycles. The molecule has 0 atom stereocenters. The van der Waals surface area contributed by atoms with Crippen LogP contribution < -0.4 is 19.9 Å². The minimum absolute atomic E-state index is 0.0562. The molecule has 0 aliphatic carbocycles.